The van der Waals surface area contributed by atoms with Gasteiger partial charge in [-0.2, -0.15) is 0 Å². The lowest BCUT2D eigenvalue weighted by Crippen LogP contribution is -2.52. The van der Waals surface area contributed by atoms with E-state index >= 15 is 0 Å². The minimum absolute atomic E-state index is 0.0199. The minimum Gasteiger partial charge on any atom is -0.481 e. The Bertz CT molecular complexity index is 549. The number of urea groups is 1. The van der Waals surface area contributed by atoms with Crippen molar-refractivity contribution in [2.75, 3.05) is 6.54 Å². The first kappa shape index (κ1) is 18.3. The van der Waals surface area contributed by atoms with Crippen molar-refractivity contribution in [2.24, 2.45) is 0 Å². The van der Waals surface area contributed by atoms with Crippen molar-refractivity contribution in [2.45, 2.75) is 57.2 Å². The lowest BCUT2D eigenvalue weighted by atomic mass is 10.0. The highest BCUT2D eigenvalue weighted by molar-refractivity contribution is 5.75. The molecule has 1 aromatic carbocycles. The third-order valence-electron chi connectivity index (χ3n) is 4.47. The van der Waals surface area contributed by atoms with Crippen LogP contribution in [0.25, 0.3) is 0 Å². The number of piperidine rings is 1. The molecule has 0 radical (unpaired) electrons. The molecule has 1 aliphatic rings. The van der Waals surface area contributed by atoms with E-state index in [0.717, 1.165) is 5.56 Å². The molecule has 3 atom stereocenters. The number of aliphatic carboxylic acids is 1. The van der Waals surface area contributed by atoms with Gasteiger partial charge in [-0.15, -0.1) is 0 Å². The number of likely N-dealkylation sites (tertiary alicyclic amines) is 1. The molecule has 2 amide bonds. The molecule has 0 aromatic heterocycles. The molecule has 0 spiro atoms. The molecule has 1 aliphatic heterocycles. The van der Waals surface area contributed by atoms with Gasteiger partial charge in [0, 0.05) is 25.0 Å². The van der Waals surface area contributed by atoms with Crippen molar-refractivity contribution in [1.29, 1.82) is 0 Å². The summed E-state index contributed by atoms with van der Waals surface area (Å²) in [5.41, 5.74) is 1.07. The van der Waals surface area contributed by atoms with Gasteiger partial charge in [0.1, 0.15) is 0 Å². The Morgan fingerprint density at radius 3 is 2.67 bits per heavy atom. The third-order valence-corrected chi connectivity index (χ3v) is 4.47. The first-order valence-electron chi connectivity index (χ1n) is 8.46. The molecule has 6 heteroatoms. The van der Waals surface area contributed by atoms with E-state index in [1.807, 2.05) is 37.3 Å². The van der Waals surface area contributed by atoms with Crippen LogP contribution in [0.15, 0.2) is 30.3 Å². The monoisotopic (exact) mass is 334 g/mol. The fourth-order valence-corrected chi connectivity index (χ4v) is 3.13. The molecule has 0 aliphatic carbocycles. The van der Waals surface area contributed by atoms with Crippen LogP contribution in [0.1, 0.15) is 38.2 Å². The van der Waals surface area contributed by atoms with E-state index in [9.17, 15) is 14.7 Å². The van der Waals surface area contributed by atoms with Crippen molar-refractivity contribution >= 4 is 12.0 Å². The minimum atomic E-state index is -0.864. The maximum absolute atomic E-state index is 12.5. The predicted molar refractivity (Wildman–Crippen MR) is 90.7 cm³/mol. The molecule has 24 heavy (non-hydrogen) atoms. The van der Waals surface area contributed by atoms with Crippen molar-refractivity contribution in [1.82, 2.24) is 10.2 Å². The Morgan fingerprint density at radius 1 is 1.33 bits per heavy atom. The van der Waals surface area contributed by atoms with Crippen LogP contribution in [0.2, 0.25) is 0 Å². The SMILES string of the molecule is C[C@H]1C[C@@H](O)CCN1C(=O)NC(CCC(=O)O)Cc1ccccc1. The van der Waals surface area contributed by atoms with Gasteiger partial charge in [0.25, 0.3) is 0 Å². The predicted octanol–water partition coefficient (Wildman–Crippen LogP) is 2.02. The number of aliphatic hydroxyl groups excluding tert-OH is 1. The molecular formula is C18H26N2O4. The van der Waals surface area contributed by atoms with Crippen LogP contribution < -0.4 is 5.32 Å². The second kappa shape index (κ2) is 8.68. The zero-order valence-corrected chi connectivity index (χ0v) is 14.0. The quantitative estimate of drug-likeness (QED) is 0.742. The molecule has 1 aromatic rings. The van der Waals surface area contributed by atoms with E-state index in [2.05, 4.69) is 5.32 Å². The van der Waals surface area contributed by atoms with Gasteiger partial charge in [-0.25, -0.2) is 4.79 Å². The Morgan fingerprint density at radius 2 is 2.04 bits per heavy atom. The average Bonchev–Trinajstić information content (AvgIpc) is 2.53. The van der Waals surface area contributed by atoms with E-state index in [-0.39, 0.29) is 30.6 Å². The number of nitrogens with zero attached hydrogens (tertiary/aromatic N) is 1. The van der Waals surface area contributed by atoms with E-state index < -0.39 is 5.97 Å². The largest absolute Gasteiger partial charge is 0.481 e. The van der Waals surface area contributed by atoms with Gasteiger partial charge >= 0.3 is 12.0 Å². The maximum Gasteiger partial charge on any atom is 0.317 e. The standard InChI is InChI=1S/C18H26N2O4/c1-13-11-16(21)9-10-20(13)18(24)19-15(7-8-17(22)23)12-14-5-3-2-4-6-14/h2-6,13,15-16,21H,7-12H2,1H3,(H,19,24)(H,22,23)/t13-,15?,16-/m0/s1. The molecule has 1 heterocycles. The highest BCUT2D eigenvalue weighted by Crippen LogP contribution is 2.18. The van der Waals surface area contributed by atoms with Crippen LogP contribution in [0.3, 0.4) is 0 Å². The second-order valence-electron chi connectivity index (χ2n) is 6.49. The number of carboxylic acids is 1. The maximum atomic E-state index is 12.5. The zero-order valence-electron chi connectivity index (χ0n) is 14.0. The number of benzene rings is 1. The zero-order chi connectivity index (χ0) is 17.5. The lowest BCUT2D eigenvalue weighted by Gasteiger charge is -2.36. The molecule has 6 nitrogen and oxygen atoms in total. The molecule has 1 saturated heterocycles. The van der Waals surface area contributed by atoms with E-state index in [4.69, 9.17) is 5.11 Å². The normalized spacial score (nSPS) is 22.0. The lowest BCUT2D eigenvalue weighted by molar-refractivity contribution is -0.137. The first-order chi connectivity index (χ1) is 11.5. The van der Waals surface area contributed by atoms with Crippen LogP contribution in [0.4, 0.5) is 4.79 Å². The summed E-state index contributed by atoms with van der Waals surface area (Å²) in [5, 5.41) is 21.6. The number of nitrogens with one attached hydrogen (secondary N) is 1. The summed E-state index contributed by atoms with van der Waals surface area (Å²) in [5.74, 6) is -0.864. The summed E-state index contributed by atoms with van der Waals surface area (Å²) in [6, 6.07) is 9.30. The fourth-order valence-electron chi connectivity index (χ4n) is 3.13. The first-order valence-corrected chi connectivity index (χ1v) is 8.46. The summed E-state index contributed by atoms with van der Waals surface area (Å²) >= 11 is 0. The van der Waals surface area contributed by atoms with E-state index in [1.54, 1.807) is 4.90 Å². The molecule has 1 unspecified atom stereocenters. The highest BCUT2D eigenvalue weighted by atomic mass is 16.4. The van der Waals surface area contributed by atoms with Crippen LogP contribution in [-0.2, 0) is 11.2 Å². The molecular weight excluding hydrogens is 308 g/mol. The van der Waals surface area contributed by atoms with Gasteiger partial charge in [-0.1, -0.05) is 30.3 Å². The average molecular weight is 334 g/mol. The number of carbonyl (C=O) groups excluding carboxylic acids is 1. The van der Waals surface area contributed by atoms with Crippen LogP contribution in [-0.4, -0.2) is 51.8 Å². The van der Waals surface area contributed by atoms with Crippen LogP contribution >= 0.6 is 0 Å². The number of amides is 2. The van der Waals surface area contributed by atoms with Crippen molar-refractivity contribution in [3.05, 3.63) is 35.9 Å². The summed E-state index contributed by atoms with van der Waals surface area (Å²) in [7, 11) is 0. The second-order valence-corrected chi connectivity index (χ2v) is 6.49. The van der Waals surface area contributed by atoms with Crippen LogP contribution in [0.5, 0.6) is 0 Å². The molecule has 0 saturated carbocycles. The summed E-state index contributed by atoms with van der Waals surface area (Å²) in [4.78, 5) is 25.2. The number of hydrogen-bond donors (Lipinski definition) is 3. The number of carbonyl (C=O) groups is 2. The van der Waals surface area contributed by atoms with Gasteiger partial charge < -0.3 is 20.4 Å². The van der Waals surface area contributed by atoms with Gasteiger partial charge in [0.2, 0.25) is 0 Å². The molecule has 3 N–H and O–H groups in total. The fraction of sp³-hybridized carbons (Fsp3) is 0.556. The highest BCUT2D eigenvalue weighted by Gasteiger charge is 2.28. The Kier molecular flexibility index (Phi) is 6.61. The molecule has 1 fully saturated rings. The van der Waals surface area contributed by atoms with Crippen molar-refractivity contribution in [3.63, 3.8) is 0 Å². The Labute approximate surface area is 142 Å². The summed E-state index contributed by atoms with van der Waals surface area (Å²) in [6.45, 7) is 2.44. The van der Waals surface area contributed by atoms with Gasteiger partial charge in [0.05, 0.1) is 6.10 Å². The van der Waals surface area contributed by atoms with E-state index in [1.165, 1.54) is 0 Å². The molecule has 2 rings (SSSR count). The van der Waals surface area contributed by atoms with Crippen molar-refractivity contribution in [3.8, 4) is 0 Å². The van der Waals surface area contributed by atoms with Crippen LogP contribution in [0, 0.1) is 0 Å². The van der Waals surface area contributed by atoms with Gasteiger partial charge in [-0.05, 0) is 38.2 Å². The topological polar surface area (TPSA) is 89.9 Å². The van der Waals surface area contributed by atoms with Gasteiger partial charge in [0.15, 0.2) is 0 Å². The van der Waals surface area contributed by atoms with E-state index in [0.29, 0.717) is 32.2 Å². The number of aliphatic hydroxyl groups is 1. The summed E-state index contributed by atoms with van der Waals surface area (Å²) < 4.78 is 0. The number of rotatable bonds is 6. The molecule has 132 valence electrons. The van der Waals surface area contributed by atoms with Gasteiger partial charge in [-0.3, -0.25) is 4.79 Å². The Balaban J connectivity index is 1.98. The smallest absolute Gasteiger partial charge is 0.317 e. The number of hydrogen-bond acceptors (Lipinski definition) is 3. The third kappa shape index (κ3) is 5.53. The Hall–Kier alpha value is -2.08. The van der Waals surface area contributed by atoms with Crippen molar-refractivity contribution < 1.29 is 19.8 Å². The summed E-state index contributed by atoms with van der Waals surface area (Å²) in [6.07, 6.45) is 1.82. The number of carboxylic acid groups (broad SMARTS) is 1. The molecule has 0 bridgehead atoms.